The van der Waals surface area contributed by atoms with Gasteiger partial charge in [0.15, 0.2) is 0 Å². The molecule has 1 amide bonds. The molecule has 1 aromatic heterocycles. The van der Waals surface area contributed by atoms with Crippen molar-refractivity contribution in [2.24, 2.45) is 0 Å². The van der Waals surface area contributed by atoms with Crippen LogP contribution in [0, 0.1) is 6.92 Å². The van der Waals surface area contributed by atoms with Gasteiger partial charge in [-0.3, -0.25) is 4.79 Å². The number of amides is 1. The van der Waals surface area contributed by atoms with Gasteiger partial charge in [-0.1, -0.05) is 0 Å². The normalized spacial score (nSPS) is 14.9. The van der Waals surface area contributed by atoms with Crippen LogP contribution in [-0.4, -0.2) is 14.3 Å². The van der Waals surface area contributed by atoms with Crippen LogP contribution < -0.4 is 10.0 Å². The van der Waals surface area contributed by atoms with E-state index in [1.807, 2.05) is 0 Å². The molecule has 2 heterocycles. The van der Waals surface area contributed by atoms with Crippen molar-refractivity contribution in [2.45, 2.75) is 37.6 Å². The first kappa shape index (κ1) is 15.8. The summed E-state index contributed by atoms with van der Waals surface area (Å²) in [4.78, 5) is 11.7. The van der Waals surface area contributed by atoms with E-state index < -0.39 is 10.0 Å². The predicted octanol–water partition coefficient (Wildman–Crippen LogP) is 2.34. The number of carbonyl (C=O) groups is 1. The molecule has 0 unspecified atom stereocenters. The monoisotopic (exact) mass is 334 g/mol. The lowest BCUT2D eigenvalue weighted by Gasteiger charge is -2.10. The van der Waals surface area contributed by atoms with E-state index in [1.54, 1.807) is 31.2 Å². The molecule has 0 spiro atoms. The van der Waals surface area contributed by atoms with Crippen LogP contribution in [0.3, 0.4) is 0 Å². The Hall–Kier alpha value is -2.12. The Morgan fingerprint density at radius 2 is 2.04 bits per heavy atom. The lowest BCUT2D eigenvalue weighted by Crippen LogP contribution is -2.23. The number of nitrogens with one attached hydrogen (secondary N) is 2. The van der Waals surface area contributed by atoms with E-state index in [-0.39, 0.29) is 17.3 Å². The van der Waals surface area contributed by atoms with Gasteiger partial charge >= 0.3 is 0 Å². The molecule has 3 rings (SSSR count). The van der Waals surface area contributed by atoms with Gasteiger partial charge in [0.05, 0.1) is 11.4 Å². The summed E-state index contributed by atoms with van der Waals surface area (Å²) in [5, 5.41) is 2.79. The second-order valence-corrected chi connectivity index (χ2v) is 7.32. The van der Waals surface area contributed by atoms with Gasteiger partial charge in [0.1, 0.15) is 11.5 Å². The Morgan fingerprint density at radius 1 is 1.22 bits per heavy atom. The fourth-order valence-electron chi connectivity index (χ4n) is 2.55. The second kappa shape index (κ2) is 6.17. The maximum absolute atomic E-state index is 12.4. The number of sulfonamides is 1. The molecule has 23 heavy (non-hydrogen) atoms. The van der Waals surface area contributed by atoms with E-state index in [9.17, 15) is 13.2 Å². The Morgan fingerprint density at radius 3 is 2.78 bits per heavy atom. The third-order valence-electron chi connectivity index (χ3n) is 3.74. The van der Waals surface area contributed by atoms with E-state index in [2.05, 4.69) is 10.0 Å². The van der Waals surface area contributed by atoms with Crippen molar-refractivity contribution in [1.82, 2.24) is 4.72 Å². The van der Waals surface area contributed by atoms with E-state index in [1.165, 1.54) is 6.07 Å². The van der Waals surface area contributed by atoms with Crippen LogP contribution in [-0.2, 0) is 27.8 Å². The molecule has 0 saturated carbocycles. The third kappa shape index (κ3) is 3.62. The first-order valence-electron chi connectivity index (χ1n) is 7.42. The second-order valence-electron chi connectivity index (χ2n) is 5.56. The molecule has 0 aliphatic carbocycles. The van der Waals surface area contributed by atoms with Crippen molar-refractivity contribution in [3.05, 3.63) is 47.4 Å². The van der Waals surface area contributed by atoms with Gasteiger partial charge in [-0.05, 0) is 55.7 Å². The van der Waals surface area contributed by atoms with E-state index >= 15 is 0 Å². The first-order chi connectivity index (χ1) is 10.9. The van der Waals surface area contributed by atoms with Crippen LogP contribution in [0.5, 0.6) is 0 Å². The van der Waals surface area contributed by atoms with Gasteiger partial charge in [0, 0.05) is 12.1 Å². The van der Waals surface area contributed by atoms with Crippen LogP contribution in [0.4, 0.5) is 5.69 Å². The third-order valence-corrected chi connectivity index (χ3v) is 5.14. The summed E-state index contributed by atoms with van der Waals surface area (Å²) in [6, 6.07) is 8.29. The first-order valence-corrected chi connectivity index (χ1v) is 8.90. The Kier molecular flexibility index (Phi) is 4.23. The highest BCUT2D eigenvalue weighted by Gasteiger charge is 2.19. The van der Waals surface area contributed by atoms with Crippen molar-refractivity contribution in [1.29, 1.82) is 0 Å². The van der Waals surface area contributed by atoms with Crippen LogP contribution >= 0.6 is 0 Å². The maximum atomic E-state index is 12.4. The van der Waals surface area contributed by atoms with Crippen LogP contribution in [0.2, 0.25) is 0 Å². The lowest BCUT2D eigenvalue weighted by atomic mass is 10.1. The summed E-state index contributed by atoms with van der Waals surface area (Å²) < 4.78 is 32.7. The summed E-state index contributed by atoms with van der Waals surface area (Å²) in [6.07, 6.45) is 1.84. The molecule has 0 saturated heterocycles. The van der Waals surface area contributed by atoms with Gasteiger partial charge < -0.3 is 9.73 Å². The van der Waals surface area contributed by atoms with Crippen molar-refractivity contribution >= 4 is 21.6 Å². The number of aryl methyl sites for hydroxylation is 2. The van der Waals surface area contributed by atoms with Crippen molar-refractivity contribution in [3.63, 3.8) is 0 Å². The van der Waals surface area contributed by atoms with Gasteiger partial charge in [-0.25, -0.2) is 13.1 Å². The minimum Gasteiger partial charge on any atom is -0.465 e. The Bertz CT molecular complexity index is 840. The Balaban J connectivity index is 1.80. The quantitative estimate of drug-likeness (QED) is 0.898. The zero-order chi connectivity index (χ0) is 16.4. The highest BCUT2D eigenvalue weighted by atomic mass is 32.2. The molecule has 1 aromatic carbocycles. The fourth-order valence-corrected chi connectivity index (χ4v) is 3.59. The minimum atomic E-state index is -3.63. The van der Waals surface area contributed by atoms with Crippen molar-refractivity contribution < 1.29 is 17.6 Å². The van der Waals surface area contributed by atoms with Gasteiger partial charge in [-0.15, -0.1) is 0 Å². The van der Waals surface area contributed by atoms with Crippen molar-refractivity contribution in [2.75, 3.05) is 5.32 Å². The van der Waals surface area contributed by atoms with E-state index in [4.69, 9.17) is 4.42 Å². The highest BCUT2D eigenvalue weighted by molar-refractivity contribution is 7.89. The molecule has 1 aliphatic rings. The standard InChI is InChI=1S/C16H18N2O4S/c1-11-5-6-13(22-11)10-17-23(20,21)14-7-8-15-12(9-14)3-2-4-16(19)18-15/h5-9,17H,2-4,10H2,1H3,(H,18,19). The van der Waals surface area contributed by atoms with Gasteiger partial charge in [-0.2, -0.15) is 0 Å². The molecule has 0 atom stereocenters. The highest BCUT2D eigenvalue weighted by Crippen LogP contribution is 2.25. The van der Waals surface area contributed by atoms with Crippen LogP contribution in [0.25, 0.3) is 0 Å². The fraction of sp³-hybridized carbons (Fsp3) is 0.312. The van der Waals surface area contributed by atoms with Gasteiger partial charge in [0.2, 0.25) is 15.9 Å². The molecule has 1 aliphatic heterocycles. The molecule has 0 fully saturated rings. The number of anilines is 1. The molecule has 0 bridgehead atoms. The summed E-state index contributed by atoms with van der Waals surface area (Å²) in [7, 11) is -3.63. The summed E-state index contributed by atoms with van der Waals surface area (Å²) >= 11 is 0. The van der Waals surface area contributed by atoms with E-state index in [0.717, 1.165) is 11.3 Å². The summed E-state index contributed by atoms with van der Waals surface area (Å²) in [5.41, 5.74) is 1.53. The number of hydrogen-bond acceptors (Lipinski definition) is 4. The summed E-state index contributed by atoms with van der Waals surface area (Å²) in [6.45, 7) is 1.91. The van der Waals surface area contributed by atoms with E-state index in [0.29, 0.717) is 30.7 Å². The van der Waals surface area contributed by atoms with Crippen molar-refractivity contribution in [3.8, 4) is 0 Å². The molecule has 0 radical (unpaired) electrons. The molecule has 7 heteroatoms. The number of carbonyl (C=O) groups excluding carboxylic acids is 1. The van der Waals surface area contributed by atoms with Crippen LogP contribution in [0.15, 0.2) is 39.6 Å². The smallest absolute Gasteiger partial charge is 0.240 e. The zero-order valence-corrected chi connectivity index (χ0v) is 13.6. The maximum Gasteiger partial charge on any atom is 0.240 e. The number of benzene rings is 1. The number of rotatable bonds is 4. The SMILES string of the molecule is Cc1ccc(CNS(=O)(=O)c2ccc3c(c2)CCCC(=O)N3)o1. The molecule has 2 aromatic rings. The lowest BCUT2D eigenvalue weighted by molar-refractivity contribution is -0.116. The molecular weight excluding hydrogens is 316 g/mol. The largest absolute Gasteiger partial charge is 0.465 e. The average Bonchev–Trinajstić information content (AvgIpc) is 2.82. The molecule has 122 valence electrons. The Labute approximate surface area is 134 Å². The molecular formula is C16H18N2O4S. The predicted molar refractivity (Wildman–Crippen MR) is 85.5 cm³/mol. The molecule has 2 N–H and O–H groups in total. The summed E-state index contributed by atoms with van der Waals surface area (Å²) in [5.74, 6) is 1.26. The topological polar surface area (TPSA) is 88.4 Å². The minimum absolute atomic E-state index is 0.0364. The molecule has 6 nitrogen and oxygen atoms in total. The zero-order valence-electron chi connectivity index (χ0n) is 12.8. The number of fused-ring (bicyclic) bond motifs is 1. The number of hydrogen-bond donors (Lipinski definition) is 2. The average molecular weight is 334 g/mol. The van der Waals surface area contributed by atoms with Crippen LogP contribution in [0.1, 0.15) is 29.9 Å². The number of furan rings is 1. The van der Waals surface area contributed by atoms with Gasteiger partial charge in [0.25, 0.3) is 0 Å².